The van der Waals surface area contributed by atoms with Crippen molar-refractivity contribution < 1.29 is 0 Å². The molecule has 0 aliphatic rings. The van der Waals surface area contributed by atoms with Gasteiger partial charge in [-0.3, -0.25) is 4.68 Å². The van der Waals surface area contributed by atoms with Gasteiger partial charge < -0.3 is 4.90 Å². The Morgan fingerprint density at radius 2 is 1.68 bits per heavy atom. The van der Waals surface area contributed by atoms with Crippen molar-refractivity contribution in [3.63, 3.8) is 0 Å². The van der Waals surface area contributed by atoms with Gasteiger partial charge in [-0.2, -0.15) is 10.4 Å². The zero-order valence-corrected chi connectivity index (χ0v) is 17.5. The maximum Gasteiger partial charge on any atom is 0.162 e. The number of nitrogens with zero attached hydrogens (tertiary/aromatic N) is 6. The molecule has 0 saturated heterocycles. The van der Waals surface area contributed by atoms with Crippen LogP contribution in [0, 0.1) is 18.3 Å². The van der Waals surface area contributed by atoms with Gasteiger partial charge in [0.2, 0.25) is 0 Å². The van der Waals surface area contributed by atoms with Crippen LogP contribution in [-0.2, 0) is 7.05 Å². The number of fused-ring (bicyclic) bond motifs is 2. The molecule has 31 heavy (non-hydrogen) atoms. The van der Waals surface area contributed by atoms with Crippen LogP contribution >= 0.6 is 0 Å². The third kappa shape index (κ3) is 3.17. The van der Waals surface area contributed by atoms with Gasteiger partial charge in [0.15, 0.2) is 5.82 Å². The van der Waals surface area contributed by atoms with Gasteiger partial charge in [-0.25, -0.2) is 9.97 Å². The summed E-state index contributed by atoms with van der Waals surface area (Å²) in [4.78, 5) is 11.7. The van der Waals surface area contributed by atoms with E-state index in [2.05, 4.69) is 41.2 Å². The number of rotatable bonds is 3. The lowest BCUT2D eigenvalue weighted by Crippen LogP contribution is -2.13. The van der Waals surface area contributed by atoms with E-state index < -0.39 is 0 Å². The number of hydrogen-bond donors (Lipinski definition) is 0. The average molecular weight is 404 g/mol. The number of para-hydroxylation sites is 1. The van der Waals surface area contributed by atoms with E-state index in [1.807, 2.05) is 55.2 Å². The third-order valence-corrected chi connectivity index (χ3v) is 5.67. The van der Waals surface area contributed by atoms with E-state index in [0.29, 0.717) is 11.4 Å². The van der Waals surface area contributed by atoms with Crippen molar-refractivity contribution in [1.82, 2.24) is 19.7 Å². The molecule has 0 spiro atoms. The summed E-state index contributed by atoms with van der Waals surface area (Å²) in [6.45, 7) is 2.07. The minimum atomic E-state index is 0.612. The van der Waals surface area contributed by atoms with Crippen LogP contribution in [0.5, 0.6) is 0 Å². The first kappa shape index (κ1) is 18.8. The summed E-state index contributed by atoms with van der Waals surface area (Å²) in [6.07, 6.45) is 0. The number of hydrogen-bond acceptors (Lipinski definition) is 5. The van der Waals surface area contributed by atoms with Crippen molar-refractivity contribution in [2.24, 2.45) is 7.05 Å². The molecule has 6 heteroatoms. The predicted molar refractivity (Wildman–Crippen MR) is 123 cm³/mol. The van der Waals surface area contributed by atoms with Gasteiger partial charge in [0, 0.05) is 41.8 Å². The van der Waals surface area contributed by atoms with Gasteiger partial charge in [-0.05, 0) is 61.5 Å². The van der Waals surface area contributed by atoms with E-state index in [1.54, 1.807) is 12.1 Å². The van der Waals surface area contributed by atoms with Crippen molar-refractivity contribution >= 4 is 33.3 Å². The van der Waals surface area contributed by atoms with E-state index in [9.17, 15) is 0 Å². The molecule has 5 aromatic rings. The molecule has 0 amide bonds. The van der Waals surface area contributed by atoms with Crippen molar-refractivity contribution in [3.8, 4) is 17.5 Å². The van der Waals surface area contributed by atoms with Crippen LogP contribution in [0.25, 0.3) is 33.2 Å². The fraction of sp³-hybridized carbons (Fsp3) is 0.120. The highest BCUT2D eigenvalue weighted by molar-refractivity contribution is 5.94. The molecule has 6 nitrogen and oxygen atoms in total. The predicted octanol–water partition coefficient (Wildman–Crippen LogP) is 5.13. The maximum absolute atomic E-state index is 9.08. The molecule has 5 rings (SSSR count). The van der Waals surface area contributed by atoms with Crippen molar-refractivity contribution in [3.05, 3.63) is 78.0 Å². The zero-order valence-electron chi connectivity index (χ0n) is 17.5. The number of aromatic nitrogens is 4. The minimum absolute atomic E-state index is 0.612. The molecule has 0 fully saturated rings. The number of benzene rings is 3. The van der Waals surface area contributed by atoms with E-state index in [1.165, 1.54) is 0 Å². The SMILES string of the molecule is Cc1c2ccc(N(C)c3nc(-c4ccc(C#N)cc4)nc4ccccc34)cc2nn1C. The second-order valence-corrected chi connectivity index (χ2v) is 7.55. The summed E-state index contributed by atoms with van der Waals surface area (Å²) in [5, 5.41) is 15.8. The Kier molecular flexibility index (Phi) is 4.37. The summed E-state index contributed by atoms with van der Waals surface area (Å²) in [7, 11) is 3.97. The molecule has 2 aromatic heterocycles. The Bertz CT molecular complexity index is 1470. The van der Waals surface area contributed by atoms with Gasteiger partial charge in [0.1, 0.15) is 5.82 Å². The second kappa shape index (κ2) is 7.22. The lowest BCUT2D eigenvalue weighted by molar-refractivity contribution is 0.751. The van der Waals surface area contributed by atoms with Crippen LogP contribution in [0.4, 0.5) is 11.5 Å². The fourth-order valence-corrected chi connectivity index (χ4v) is 3.79. The first-order valence-electron chi connectivity index (χ1n) is 9.99. The summed E-state index contributed by atoms with van der Waals surface area (Å²) >= 11 is 0. The molecule has 150 valence electrons. The molecule has 0 saturated carbocycles. The summed E-state index contributed by atoms with van der Waals surface area (Å²) < 4.78 is 1.90. The van der Waals surface area contributed by atoms with Crippen LogP contribution < -0.4 is 4.90 Å². The topological polar surface area (TPSA) is 70.6 Å². The highest BCUT2D eigenvalue weighted by Gasteiger charge is 2.15. The van der Waals surface area contributed by atoms with E-state index in [4.69, 9.17) is 15.2 Å². The van der Waals surface area contributed by atoms with Crippen molar-refractivity contribution in [2.45, 2.75) is 6.92 Å². The van der Waals surface area contributed by atoms with E-state index in [0.717, 1.165) is 44.6 Å². The van der Waals surface area contributed by atoms with Gasteiger partial charge in [-0.15, -0.1) is 0 Å². The molecule has 0 radical (unpaired) electrons. The Labute approximate surface area is 180 Å². The standard InChI is InChI=1S/C25H20N6/c1-16-20-13-12-19(14-23(20)29-31(16)3)30(2)25-21-6-4-5-7-22(21)27-24(28-25)18-10-8-17(15-26)9-11-18/h4-14H,1-3H3. The van der Waals surface area contributed by atoms with Gasteiger partial charge in [-0.1, -0.05) is 12.1 Å². The van der Waals surface area contributed by atoms with Crippen LogP contribution in [0.3, 0.4) is 0 Å². The first-order chi connectivity index (χ1) is 15.0. The second-order valence-electron chi connectivity index (χ2n) is 7.55. The lowest BCUT2D eigenvalue weighted by Gasteiger charge is -2.21. The maximum atomic E-state index is 9.08. The third-order valence-electron chi connectivity index (χ3n) is 5.67. The number of anilines is 2. The minimum Gasteiger partial charge on any atom is -0.329 e. The van der Waals surface area contributed by atoms with Crippen molar-refractivity contribution in [1.29, 1.82) is 5.26 Å². The van der Waals surface area contributed by atoms with Gasteiger partial charge in [0.05, 0.1) is 22.7 Å². The summed E-state index contributed by atoms with van der Waals surface area (Å²) in [5.41, 5.74) is 5.44. The lowest BCUT2D eigenvalue weighted by atomic mass is 10.1. The molecule has 3 aromatic carbocycles. The van der Waals surface area contributed by atoms with Gasteiger partial charge in [0.25, 0.3) is 0 Å². The van der Waals surface area contributed by atoms with E-state index >= 15 is 0 Å². The molecular weight excluding hydrogens is 384 g/mol. The normalized spacial score (nSPS) is 11.0. The molecule has 2 heterocycles. The smallest absolute Gasteiger partial charge is 0.162 e. The molecule has 0 N–H and O–H groups in total. The summed E-state index contributed by atoms with van der Waals surface area (Å²) in [6, 6.07) is 23.8. The summed E-state index contributed by atoms with van der Waals surface area (Å²) in [5.74, 6) is 1.44. The zero-order chi connectivity index (χ0) is 21.5. The molecule has 0 atom stereocenters. The quantitative estimate of drug-likeness (QED) is 0.417. The largest absolute Gasteiger partial charge is 0.329 e. The molecule has 0 bridgehead atoms. The Hall–Kier alpha value is -4.24. The molecule has 0 unspecified atom stereocenters. The number of nitriles is 1. The van der Waals surface area contributed by atoms with E-state index in [-0.39, 0.29) is 0 Å². The molecule has 0 aliphatic carbocycles. The fourth-order valence-electron chi connectivity index (χ4n) is 3.79. The highest BCUT2D eigenvalue weighted by Crippen LogP contribution is 2.32. The first-order valence-corrected chi connectivity index (χ1v) is 9.99. The Morgan fingerprint density at radius 1 is 0.903 bits per heavy atom. The Balaban J connectivity index is 1.66. The van der Waals surface area contributed by atoms with Crippen LogP contribution in [0.1, 0.15) is 11.3 Å². The highest BCUT2D eigenvalue weighted by atomic mass is 15.3. The molecular formula is C25H20N6. The molecule has 0 aliphatic heterocycles. The Morgan fingerprint density at radius 3 is 2.45 bits per heavy atom. The van der Waals surface area contributed by atoms with Crippen molar-refractivity contribution in [2.75, 3.05) is 11.9 Å². The number of aryl methyl sites for hydroxylation is 2. The average Bonchev–Trinajstić information content (AvgIpc) is 3.10. The monoisotopic (exact) mass is 404 g/mol. The van der Waals surface area contributed by atoms with Crippen LogP contribution in [0.15, 0.2) is 66.7 Å². The van der Waals surface area contributed by atoms with Gasteiger partial charge >= 0.3 is 0 Å². The van der Waals surface area contributed by atoms with Crippen LogP contribution in [-0.4, -0.2) is 26.8 Å². The van der Waals surface area contributed by atoms with Crippen LogP contribution in [0.2, 0.25) is 0 Å².